The Kier molecular flexibility index (Phi) is 60.4. The number of unbranched alkanes of at least 4 members (excludes halogenated alkanes) is 45. The van der Waals surface area contributed by atoms with Gasteiger partial charge in [-0.1, -0.05) is 310 Å². The second-order valence-electron chi connectivity index (χ2n) is 21.9. The summed E-state index contributed by atoms with van der Waals surface area (Å²) in [4.78, 5) is 39.4. The Morgan fingerprint density at radius 1 is 0.247 bits per heavy atom. The van der Waals surface area contributed by atoms with E-state index in [1.807, 2.05) is 4.90 Å². The SMILES string of the molecule is CCCCCCCCCCCCCCCCCCNC(=O)OCCN(CCOC(=O)NCCCCCCCCCCCCCCCCCC)CCOC(=O)NCCCCCCCCCCCCCCCCCC. The Hall–Kier alpha value is -2.23. The predicted molar refractivity (Wildman–Crippen MR) is 313 cm³/mol. The number of amides is 3. The molecule has 73 heavy (non-hydrogen) atoms. The number of rotatable bonds is 60. The van der Waals surface area contributed by atoms with Crippen LogP contribution in [0.4, 0.5) is 14.4 Å². The van der Waals surface area contributed by atoms with Gasteiger partial charge >= 0.3 is 18.3 Å². The second-order valence-corrected chi connectivity index (χ2v) is 21.9. The minimum atomic E-state index is -0.407. The van der Waals surface area contributed by atoms with Gasteiger partial charge in [0.1, 0.15) is 19.8 Å². The van der Waals surface area contributed by atoms with E-state index in [1.165, 1.54) is 270 Å². The Balaban J connectivity index is 4.26. The van der Waals surface area contributed by atoms with E-state index in [1.54, 1.807) is 0 Å². The molecule has 0 saturated carbocycles. The van der Waals surface area contributed by atoms with E-state index in [2.05, 4.69) is 36.7 Å². The van der Waals surface area contributed by atoms with Crippen LogP contribution in [-0.4, -0.2) is 82.3 Å². The van der Waals surface area contributed by atoms with Gasteiger partial charge in [-0.3, -0.25) is 4.90 Å². The van der Waals surface area contributed by atoms with Crippen molar-refractivity contribution in [2.75, 3.05) is 59.1 Å². The van der Waals surface area contributed by atoms with Crippen molar-refractivity contribution in [3.63, 3.8) is 0 Å². The third-order valence-corrected chi connectivity index (χ3v) is 14.8. The fourth-order valence-electron chi connectivity index (χ4n) is 9.88. The van der Waals surface area contributed by atoms with Crippen molar-refractivity contribution in [3.05, 3.63) is 0 Å². The molecule has 0 heterocycles. The van der Waals surface area contributed by atoms with Crippen LogP contribution in [0, 0.1) is 0 Å². The molecule has 0 aromatic rings. The minimum absolute atomic E-state index is 0.196. The van der Waals surface area contributed by atoms with E-state index < -0.39 is 18.3 Å². The molecule has 0 aromatic carbocycles. The molecule has 0 aliphatic carbocycles. The Labute approximate surface area is 454 Å². The van der Waals surface area contributed by atoms with Crippen LogP contribution in [0.25, 0.3) is 0 Å². The summed E-state index contributed by atoms with van der Waals surface area (Å²) >= 11 is 0. The molecular weight excluding hydrogens is 909 g/mol. The van der Waals surface area contributed by atoms with Gasteiger partial charge in [-0.15, -0.1) is 0 Å². The molecule has 0 rings (SSSR count). The van der Waals surface area contributed by atoms with E-state index in [4.69, 9.17) is 14.2 Å². The summed E-state index contributed by atoms with van der Waals surface area (Å²) in [5.41, 5.74) is 0. The van der Waals surface area contributed by atoms with Crippen LogP contribution in [0.2, 0.25) is 0 Å². The summed E-state index contributed by atoms with van der Waals surface area (Å²) in [7, 11) is 0. The molecule has 0 atom stereocenters. The van der Waals surface area contributed by atoms with Crippen LogP contribution in [0.1, 0.15) is 329 Å². The fourth-order valence-corrected chi connectivity index (χ4v) is 9.88. The molecule has 0 radical (unpaired) electrons. The highest BCUT2D eigenvalue weighted by molar-refractivity contribution is 5.67. The second kappa shape index (κ2) is 62.3. The van der Waals surface area contributed by atoms with E-state index in [0.29, 0.717) is 39.3 Å². The van der Waals surface area contributed by atoms with Gasteiger partial charge in [0.05, 0.1) is 0 Å². The topological polar surface area (TPSA) is 118 Å². The number of ether oxygens (including phenoxy) is 3. The van der Waals surface area contributed by atoms with Crippen molar-refractivity contribution in [2.45, 2.75) is 329 Å². The average molecular weight is 1040 g/mol. The Morgan fingerprint density at radius 3 is 0.562 bits per heavy atom. The molecule has 3 N–H and O–H groups in total. The molecule has 0 fully saturated rings. The molecule has 10 heteroatoms. The largest absolute Gasteiger partial charge is 0.448 e. The van der Waals surface area contributed by atoms with Crippen molar-refractivity contribution < 1.29 is 28.6 Å². The van der Waals surface area contributed by atoms with Gasteiger partial charge < -0.3 is 30.2 Å². The zero-order valence-corrected chi connectivity index (χ0v) is 49.2. The van der Waals surface area contributed by atoms with Crippen molar-refractivity contribution in [1.82, 2.24) is 20.9 Å². The van der Waals surface area contributed by atoms with Crippen LogP contribution in [0.15, 0.2) is 0 Å². The first-order chi connectivity index (χ1) is 36.0. The molecule has 10 nitrogen and oxygen atoms in total. The third-order valence-electron chi connectivity index (χ3n) is 14.8. The number of carbonyl (C=O) groups is 3. The average Bonchev–Trinajstić information content (AvgIpc) is 3.38. The molecule has 0 bridgehead atoms. The smallest absolute Gasteiger partial charge is 0.407 e. The zero-order valence-electron chi connectivity index (χ0n) is 49.2. The van der Waals surface area contributed by atoms with Gasteiger partial charge in [-0.25, -0.2) is 14.4 Å². The molecule has 0 spiro atoms. The van der Waals surface area contributed by atoms with E-state index in [0.717, 1.165) is 38.5 Å². The van der Waals surface area contributed by atoms with E-state index >= 15 is 0 Å². The molecule has 3 amide bonds. The van der Waals surface area contributed by atoms with Gasteiger partial charge in [0, 0.05) is 39.3 Å². The van der Waals surface area contributed by atoms with Crippen molar-refractivity contribution in [1.29, 1.82) is 0 Å². The quantitative estimate of drug-likeness (QED) is 0.0410. The summed E-state index contributed by atoms with van der Waals surface area (Å²) in [6.07, 6.45) is 62.2. The Morgan fingerprint density at radius 2 is 0.397 bits per heavy atom. The number of hydrogen-bond acceptors (Lipinski definition) is 7. The van der Waals surface area contributed by atoms with Crippen molar-refractivity contribution >= 4 is 18.3 Å². The lowest BCUT2D eigenvalue weighted by Gasteiger charge is -2.22. The molecule has 0 unspecified atom stereocenters. The summed E-state index contributed by atoms with van der Waals surface area (Å²) < 4.78 is 16.5. The lowest BCUT2D eigenvalue weighted by Crippen LogP contribution is -2.37. The highest BCUT2D eigenvalue weighted by Crippen LogP contribution is 2.17. The molecule has 0 saturated heterocycles. The zero-order chi connectivity index (χ0) is 52.9. The van der Waals surface area contributed by atoms with Gasteiger partial charge in [0.2, 0.25) is 0 Å². The molecule has 434 valence electrons. The highest BCUT2D eigenvalue weighted by Gasteiger charge is 2.11. The Bertz CT molecular complexity index is 981. The van der Waals surface area contributed by atoms with Crippen LogP contribution in [0.5, 0.6) is 0 Å². The summed E-state index contributed by atoms with van der Waals surface area (Å²) in [6, 6.07) is 0. The number of nitrogens with one attached hydrogen (secondary N) is 3. The maximum Gasteiger partial charge on any atom is 0.407 e. The third kappa shape index (κ3) is 60.5. The van der Waals surface area contributed by atoms with Gasteiger partial charge in [-0.05, 0) is 19.3 Å². The number of hydrogen-bond donors (Lipinski definition) is 3. The number of nitrogens with zero attached hydrogens (tertiary/aromatic N) is 1. The maximum atomic E-state index is 12.5. The maximum absolute atomic E-state index is 12.5. The summed E-state index contributed by atoms with van der Waals surface area (Å²) in [5, 5.41) is 8.70. The number of alkyl carbamates (subject to hydrolysis) is 3. The lowest BCUT2D eigenvalue weighted by atomic mass is 10.0. The van der Waals surface area contributed by atoms with Gasteiger partial charge in [0.25, 0.3) is 0 Å². The molecule has 0 aliphatic heterocycles. The minimum Gasteiger partial charge on any atom is -0.448 e. The van der Waals surface area contributed by atoms with Crippen molar-refractivity contribution in [3.8, 4) is 0 Å². The van der Waals surface area contributed by atoms with Crippen molar-refractivity contribution in [2.24, 2.45) is 0 Å². The van der Waals surface area contributed by atoms with Crippen LogP contribution in [0.3, 0.4) is 0 Å². The summed E-state index contributed by atoms with van der Waals surface area (Å²) in [6.45, 7) is 10.6. The first kappa shape index (κ1) is 70.8. The number of carbonyl (C=O) groups excluding carboxylic acids is 3. The highest BCUT2D eigenvalue weighted by atomic mass is 16.6. The first-order valence-corrected chi connectivity index (χ1v) is 32.5. The summed E-state index contributed by atoms with van der Waals surface area (Å²) in [5.74, 6) is 0. The van der Waals surface area contributed by atoms with E-state index in [-0.39, 0.29) is 19.8 Å². The first-order valence-electron chi connectivity index (χ1n) is 32.5. The normalized spacial score (nSPS) is 11.3. The molecule has 0 aromatic heterocycles. The van der Waals surface area contributed by atoms with Crippen LogP contribution in [-0.2, 0) is 14.2 Å². The van der Waals surface area contributed by atoms with E-state index in [9.17, 15) is 14.4 Å². The fraction of sp³-hybridized carbons (Fsp3) is 0.952. The lowest BCUT2D eigenvalue weighted by molar-refractivity contribution is 0.0898. The monoisotopic (exact) mass is 1030 g/mol. The predicted octanol–water partition coefficient (Wildman–Crippen LogP) is 19.3. The van der Waals surface area contributed by atoms with Crippen LogP contribution < -0.4 is 16.0 Å². The van der Waals surface area contributed by atoms with Gasteiger partial charge in [-0.2, -0.15) is 0 Å². The van der Waals surface area contributed by atoms with Crippen LogP contribution >= 0.6 is 0 Å². The van der Waals surface area contributed by atoms with Gasteiger partial charge in [0.15, 0.2) is 0 Å². The molecular formula is C63H126N4O6. The molecule has 0 aliphatic rings. The standard InChI is InChI=1S/C63H126N4O6/c1-4-7-10-13-16-19-22-25-28-31-34-37-40-43-46-49-52-64-61(68)71-58-55-67(56-59-72-62(69)65-53-50-47-44-41-38-35-32-29-26-23-20-17-14-11-8-5-2)57-60-73-63(70)66-54-51-48-45-42-39-36-33-30-27-24-21-18-15-12-9-6-3/h4-60H2,1-3H3,(H,64,68)(H,65,69)(H,66,70).